The monoisotopic (exact) mass is 613 g/mol. The number of thiazole rings is 1. The normalized spacial score (nSPS) is 12.6. The third-order valence-electron chi connectivity index (χ3n) is 5.34. The minimum atomic E-state index is -1.23. The van der Waals surface area contributed by atoms with Crippen molar-refractivity contribution in [3.63, 3.8) is 0 Å². The Morgan fingerprint density at radius 2 is 1.52 bits per heavy atom. The average Bonchev–Trinajstić information content (AvgIpc) is 3.40. The van der Waals surface area contributed by atoms with Crippen LogP contribution in [0.4, 0.5) is 0 Å². The molecular formula is C23H35N9O9S. The molecule has 10 N–H and O–H groups in total. The SMILES string of the molecule is CC(NC(=O)CNC(=O)CN(C)C(=O)c1csc(CNC(=O)C(C)NC(=O)CNC(=O)C(N)CCC(N)=O)n1)C(=O)O. The van der Waals surface area contributed by atoms with Gasteiger partial charge in [-0.25, -0.2) is 4.98 Å². The molecule has 0 aliphatic rings. The summed E-state index contributed by atoms with van der Waals surface area (Å²) in [7, 11) is 1.34. The van der Waals surface area contributed by atoms with E-state index in [0.29, 0.717) is 5.01 Å². The van der Waals surface area contributed by atoms with Gasteiger partial charge in [-0.05, 0) is 20.3 Å². The van der Waals surface area contributed by atoms with Gasteiger partial charge in [0.25, 0.3) is 5.91 Å². The minimum absolute atomic E-state index is 0.0127. The molecule has 18 nitrogen and oxygen atoms in total. The van der Waals surface area contributed by atoms with Crippen LogP contribution in [-0.4, -0.2) is 107 Å². The van der Waals surface area contributed by atoms with Gasteiger partial charge < -0.3 is 48.1 Å². The van der Waals surface area contributed by atoms with E-state index in [9.17, 15) is 38.4 Å². The maximum atomic E-state index is 12.6. The Bertz CT molecular complexity index is 1190. The minimum Gasteiger partial charge on any atom is -0.480 e. The summed E-state index contributed by atoms with van der Waals surface area (Å²) in [5, 5.41) is 22.3. The second kappa shape index (κ2) is 17.2. The average molecular weight is 614 g/mol. The lowest BCUT2D eigenvalue weighted by Gasteiger charge is -2.16. The van der Waals surface area contributed by atoms with Gasteiger partial charge in [0, 0.05) is 18.8 Å². The molecule has 0 saturated carbocycles. The molecule has 0 fully saturated rings. The number of likely N-dealkylation sites (N-methyl/N-ethyl adjacent to an activating group) is 1. The summed E-state index contributed by atoms with van der Waals surface area (Å²) in [6.07, 6.45) is -0.0610. The number of carbonyl (C=O) groups is 8. The van der Waals surface area contributed by atoms with E-state index in [-0.39, 0.29) is 25.1 Å². The van der Waals surface area contributed by atoms with Crippen LogP contribution in [0.3, 0.4) is 0 Å². The predicted molar refractivity (Wildman–Crippen MR) is 146 cm³/mol. The molecule has 0 aliphatic carbocycles. The Hall–Kier alpha value is -4.65. The summed E-state index contributed by atoms with van der Waals surface area (Å²) in [5.74, 6) is -5.68. The fourth-order valence-electron chi connectivity index (χ4n) is 2.96. The van der Waals surface area contributed by atoms with Gasteiger partial charge in [0.2, 0.25) is 35.4 Å². The molecule has 19 heteroatoms. The molecule has 0 aromatic carbocycles. The van der Waals surface area contributed by atoms with Crippen molar-refractivity contribution in [3.8, 4) is 0 Å². The number of rotatable bonds is 17. The summed E-state index contributed by atoms with van der Waals surface area (Å²) in [5.41, 5.74) is 10.6. The Balaban J connectivity index is 2.45. The van der Waals surface area contributed by atoms with Crippen LogP contribution in [0.25, 0.3) is 0 Å². The molecule has 0 spiro atoms. The number of amides is 7. The maximum Gasteiger partial charge on any atom is 0.325 e. The van der Waals surface area contributed by atoms with Gasteiger partial charge in [-0.2, -0.15) is 0 Å². The van der Waals surface area contributed by atoms with Crippen LogP contribution < -0.4 is 38.1 Å². The first-order valence-electron chi connectivity index (χ1n) is 12.5. The first-order chi connectivity index (χ1) is 19.6. The molecule has 1 aromatic rings. The highest BCUT2D eigenvalue weighted by Crippen LogP contribution is 2.11. The number of hydrogen-bond acceptors (Lipinski definition) is 11. The zero-order valence-corrected chi connectivity index (χ0v) is 24.0. The quantitative estimate of drug-likeness (QED) is 0.0832. The Labute approximate surface area is 244 Å². The van der Waals surface area contributed by atoms with Gasteiger partial charge in [-0.3, -0.25) is 38.4 Å². The maximum absolute atomic E-state index is 12.6. The molecule has 42 heavy (non-hydrogen) atoms. The number of nitrogens with zero attached hydrogens (tertiary/aromatic N) is 2. The second-order valence-electron chi connectivity index (χ2n) is 9.03. The van der Waals surface area contributed by atoms with Crippen LogP contribution in [0.15, 0.2) is 5.38 Å². The van der Waals surface area contributed by atoms with Gasteiger partial charge in [0.1, 0.15) is 22.8 Å². The van der Waals surface area contributed by atoms with E-state index in [1.54, 1.807) is 0 Å². The van der Waals surface area contributed by atoms with Crippen molar-refractivity contribution in [3.05, 3.63) is 16.1 Å². The van der Waals surface area contributed by atoms with Crippen LogP contribution in [0.2, 0.25) is 0 Å². The number of carboxylic acids is 1. The highest BCUT2D eigenvalue weighted by Gasteiger charge is 2.21. The van der Waals surface area contributed by atoms with E-state index in [1.165, 1.54) is 26.3 Å². The summed E-state index contributed by atoms with van der Waals surface area (Å²) >= 11 is 1.07. The van der Waals surface area contributed by atoms with Gasteiger partial charge in [0.05, 0.1) is 32.2 Å². The number of nitrogens with one attached hydrogen (secondary N) is 5. The van der Waals surface area contributed by atoms with Crippen LogP contribution in [-0.2, 0) is 40.1 Å². The number of primary amides is 1. The topological polar surface area (TPSA) is 285 Å². The molecule has 1 aromatic heterocycles. The third-order valence-corrected chi connectivity index (χ3v) is 6.19. The van der Waals surface area contributed by atoms with E-state index < -0.39 is 85.1 Å². The van der Waals surface area contributed by atoms with Gasteiger partial charge >= 0.3 is 5.97 Å². The third kappa shape index (κ3) is 13.1. The molecule has 232 valence electrons. The van der Waals surface area contributed by atoms with Crippen molar-refractivity contribution >= 4 is 58.7 Å². The van der Waals surface area contributed by atoms with Gasteiger partial charge in [0.15, 0.2) is 0 Å². The number of aromatic nitrogens is 1. The lowest BCUT2D eigenvalue weighted by atomic mass is 10.1. The van der Waals surface area contributed by atoms with Crippen molar-refractivity contribution in [1.29, 1.82) is 0 Å². The van der Waals surface area contributed by atoms with E-state index in [1.807, 2.05) is 0 Å². The molecular weight excluding hydrogens is 578 g/mol. The van der Waals surface area contributed by atoms with Crippen molar-refractivity contribution in [2.45, 2.75) is 51.4 Å². The van der Waals surface area contributed by atoms with E-state index >= 15 is 0 Å². The van der Waals surface area contributed by atoms with Crippen LogP contribution in [0, 0.1) is 0 Å². The first-order valence-corrected chi connectivity index (χ1v) is 13.4. The highest BCUT2D eigenvalue weighted by atomic mass is 32.1. The zero-order valence-electron chi connectivity index (χ0n) is 23.2. The Morgan fingerprint density at radius 1 is 0.929 bits per heavy atom. The van der Waals surface area contributed by atoms with E-state index in [0.717, 1.165) is 16.2 Å². The molecule has 0 radical (unpaired) electrons. The molecule has 1 rings (SSSR count). The van der Waals surface area contributed by atoms with Crippen molar-refractivity contribution in [2.24, 2.45) is 11.5 Å². The molecule has 0 saturated heterocycles. The Kier molecular flexibility index (Phi) is 14.5. The predicted octanol–water partition coefficient (Wildman–Crippen LogP) is -4.25. The van der Waals surface area contributed by atoms with Crippen molar-refractivity contribution < 1.29 is 43.5 Å². The van der Waals surface area contributed by atoms with E-state index in [2.05, 4.69) is 31.6 Å². The molecule has 1 heterocycles. The van der Waals surface area contributed by atoms with Crippen LogP contribution in [0.1, 0.15) is 42.2 Å². The first kappa shape index (κ1) is 35.4. The summed E-state index contributed by atoms with van der Waals surface area (Å²) in [4.78, 5) is 99.3. The number of carboxylic acid groups (broad SMARTS) is 1. The van der Waals surface area contributed by atoms with Gasteiger partial charge in [-0.1, -0.05) is 0 Å². The smallest absolute Gasteiger partial charge is 0.325 e. The number of hydrogen-bond donors (Lipinski definition) is 8. The molecule has 0 aliphatic heterocycles. The summed E-state index contributed by atoms with van der Waals surface area (Å²) < 4.78 is 0. The van der Waals surface area contributed by atoms with Gasteiger partial charge in [-0.15, -0.1) is 11.3 Å². The van der Waals surface area contributed by atoms with Crippen molar-refractivity contribution in [1.82, 2.24) is 36.5 Å². The molecule has 3 unspecified atom stereocenters. The number of nitrogens with two attached hydrogens (primary N) is 2. The number of aliphatic carboxylic acids is 1. The highest BCUT2D eigenvalue weighted by molar-refractivity contribution is 7.09. The van der Waals surface area contributed by atoms with Crippen LogP contribution >= 0.6 is 11.3 Å². The lowest BCUT2D eigenvalue weighted by molar-refractivity contribution is -0.141. The second-order valence-corrected chi connectivity index (χ2v) is 9.97. The fraction of sp³-hybridized carbons (Fsp3) is 0.522. The lowest BCUT2D eigenvalue weighted by Crippen LogP contribution is -2.49. The molecule has 7 amide bonds. The fourth-order valence-corrected chi connectivity index (χ4v) is 3.67. The number of carbonyl (C=O) groups excluding carboxylic acids is 7. The zero-order chi connectivity index (χ0) is 32.0. The summed E-state index contributed by atoms with van der Waals surface area (Å²) in [6, 6.07) is -3.12. The standard InChI is InChI=1S/C23H35N9O9S/c1-11(29-17(35)7-27-21(38)13(24)4-5-15(25)33)20(37)28-8-19-31-14(10-42-19)22(39)32(3)9-18(36)26-6-16(34)30-12(2)23(40)41/h10-13H,4-9,24H2,1-3H3,(H2,25,33)(H,26,36)(H,27,38)(H,28,37)(H,29,35)(H,30,34)(H,40,41). The summed E-state index contributed by atoms with van der Waals surface area (Å²) in [6.45, 7) is 1.31. The largest absolute Gasteiger partial charge is 0.480 e. The molecule has 3 atom stereocenters. The van der Waals surface area contributed by atoms with Crippen molar-refractivity contribution in [2.75, 3.05) is 26.7 Å². The van der Waals surface area contributed by atoms with Crippen LogP contribution in [0.5, 0.6) is 0 Å². The Morgan fingerprint density at radius 3 is 2.12 bits per heavy atom. The molecule has 0 bridgehead atoms. The van der Waals surface area contributed by atoms with E-state index in [4.69, 9.17) is 16.6 Å².